The molecule has 9 nitrogen and oxygen atoms in total. The molecular formula is C20H18FN5O4S. The molecule has 1 amide bonds. The van der Waals surface area contributed by atoms with Crippen molar-refractivity contribution in [3.05, 3.63) is 62.4 Å². The molecule has 11 heteroatoms. The molecule has 0 unspecified atom stereocenters. The molecule has 0 aliphatic carbocycles. The number of halogens is 1. The fraction of sp³-hybridized carbons (Fsp3) is 0.300. The minimum Gasteiger partial charge on any atom is -0.376 e. The molecule has 1 aliphatic rings. The summed E-state index contributed by atoms with van der Waals surface area (Å²) in [7, 11) is 0. The van der Waals surface area contributed by atoms with E-state index in [4.69, 9.17) is 4.74 Å². The Morgan fingerprint density at radius 2 is 2.06 bits per heavy atom. The molecule has 160 valence electrons. The zero-order valence-electron chi connectivity index (χ0n) is 16.3. The number of ether oxygens (including phenoxy) is 1. The van der Waals surface area contributed by atoms with Crippen LogP contribution in [0.2, 0.25) is 0 Å². The lowest BCUT2D eigenvalue weighted by Crippen LogP contribution is -2.30. The molecule has 1 saturated heterocycles. The van der Waals surface area contributed by atoms with E-state index >= 15 is 0 Å². The lowest BCUT2D eigenvalue weighted by molar-refractivity contribution is -0.117. The number of nitrogens with one attached hydrogen (secondary N) is 1. The Balaban J connectivity index is 1.54. The largest absolute Gasteiger partial charge is 0.376 e. The highest BCUT2D eigenvalue weighted by Crippen LogP contribution is 2.19. The molecule has 4 heterocycles. The Morgan fingerprint density at radius 1 is 1.26 bits per heavy atom. The van der Waals surface area contributed by atoms with E-state index in [1.54, 1.807) is 11.4 Å². The number of benzene rings is 1. The second-order valence-corrected chi connectivity index (χ2v) is 8.23. The summed E-state index contributed by atoms with van der Waals surface area (Å²) < 4.78 is 23.0. The molecule has 0 bridgehead atoms. The van der Waals surface area contributed by atoms with Crippen LogP contribution >= 0.6 is 11.3 Å². The van der Waals surface area contributed by atoms with Crippen LogP contribution in [0.25, 0.3) is 16.0 Å². The number of hydrogen-bond acceptors (Lipinski definition) is 6. The van der Waals surface area contributed by atoms with Crippen molar-refractivity contribution in [1.82, 2.24) is 18.7 Å². The zero-order valence-corrected chi connectivity index (χ0v) is 17.1. The van der Waals surface area contributed by atoms with Gasteiger partial charge in [0, 0.05) is 12.3 Å². The summed E-state index contributed by atoms with van der Waals surface area (Å²) in [6.45, 7) is 0.577. The third-order valence-electron chi connectivity index (χ3n) is 5.22. The van der Waals surface area contributed by atoms with Gasteiger partial charge >= 0.3 is 5.69 Å². The van der Waals surface area contributed by atoms with Crippen LogP contribution in [-0.2, 0) is 22.6 Å². The number of hydrogen-bond donors (Lipinski definition) is 1. The van der Waals surface area contributed by atoms with Crippen LogP contribution in [0.5, 0.6) is 0 Å². The van der Waals surface area contributed by atoms with Gasteiger partial charge in [0.2, 0.25) is 11.7 Å². The van der Waals surface area contributed by atoms with Crippen LogP contribution in [0.1, 0.15) is 12.8 Å². The minimum absolute atomic E-state index is 0.124. The maximum Gasteiger partial charge on any atom is 0.352 e. The average Bonchev–Trinajstić information content (AvgIpc) is 3.48. The second kappa shape index (κ2) is 7.75. The molecule has 1 aromatic carbocycles. The van der Waals surface area contributed by atoms with Gasteiger partial charge in [0.15, 0.2) is 0 Å². The maximum atomic E-state index is 13.1. The zero-order chi connectivity index (χ0) is 21.5. The fourth-order valence-electron chi connectivity index (χ4n) is 3.76. The van der Waals surface area contributed by atoms with Crippen LogP contribution in [0.4, 0.5) is 10.1 Å². The molecular weight excluding hydrogens is 425 g/mol. The molecule has 1 N–H and O–H groups in total. The SMILES string of the molecule is O=C(Cn1nc2n(C[C@@H]3CCCO3)c(=O)c3sccc3n2c1=O)Nc1ccc(F)cc1. The Labute approximate surface area is 178 Å². The van der Waals surface area contributed by atoms with Crippen molar-refractivity contribution >= 4 is 38.9 Å². The molecule has 4 aromatic rings. The standard InChI is InChI=1S/C20H18FN5O4S/c21-12-3-5-13(6-4-12)22-16(27)11-25-20(29)26-15-7-9-31-17(15)18(28)24(19(26)23-25)10-14-2-1-8-30-14/h3-7,9,14H,1-2,8,10-11H2,(H,22,27)/t14-/m0/s1. The number of thiophene rings is 1. The molecule has 5 rings (SSSR count). The first kappa shape index (κ1) is 19.6. The van der Waals surface area contributed by atoms with Gasteiger partial charge in [-0.3, -0.25) is 14.2 Å². The molecule has 1 atom stereocenters. The Hall–Kier alpha value is -3.31. The summed E-state index contributed by atoms with van der Waals surface area (Å²) in [6, 6.07) is 6.99. The van der Waals surface area contributed by atoms with Gasteiger partial charge < -0.3 is 10.1 Å². The van der Waals surface area contributed by atoms with Gasteiger partial charge in [-0.25, -0.2) is 18.3 Å². The lowest BCUT2D eigenvalue weighted by Gasteiger charge is -2.12. The highest BCUT2D eigenvalue weighted by molar-refractivity contribution is 7.17. The lowest BCUT2D eigenvalue weighted by atomic mass is 10.2. The maximum absolute atomic E-state index is 13.1. The van der Waals surface area contributed by atoms with Gasteiger partial charge in [0.05, 0.1) is 18.2 Å². The number of amides is 1. The van der Waals surface area contributed by atoms with E-state index in [0.717, 1.165) is 17.5 Å². The highest BCUT2D eigenvalue weighted by Gasteiger charge is 2.23. The van der Waals surface area contributed by atoms with E-state index in [2.05, 4.69) is 10.4 Å². The number of fused-ring (bicyclic) bond motifs is 3. The number of nitrogens with zero attached hydrogens (tertiary/aromatic N) is 4. The van der Waals surface area contributed by atoms with E-state index < -0.39 is 17.4 Å². The summed E-state index contributed by atoms with van der Waals surface area (Å²) in [5.41, 5.74) is 0.108. The van der Waals surface area contributed by atoms with Gasteiger partial charge in [-0.1, -0.05) is 0 Å². The van der Waals surface area contributed by atoms with Crippen LogP contribution in [0, 0.1) is 5.82 Å². The minimum atomic E-state index is -0.520. The summed E-state index contributed by atoms with van der Waals surface area (Å²) in [5.74, 6) is -0.740. The quantitative estimate of drug-likeness (QED) is 0.507. The van der Waals surface area contributed by atoms with E-state index in [9.17, 15) is 18.8 Å². The van der Waals surface area contributed by atoms with Crippen molar-refractivity contribution in [2.45, 2.75) is 32.0 Å². The van der Waals surface area contributed by atoms with Crippen molar-refractivity contribution < 1.29 is 13.9 Å². The fourth-order valence-corrected chi connectivity index (χ4v) is 4.59. The van der Waals surface area contributed by atoms with E-state index in [-0.39, 0.29) is 30.5 Å². The number of carbonyl (C=O) groups excluding carboxylic acids is 1. The topological polar surface area (TPSA) is 99.6 Å². The van der Waals surface area contributed by atoms with Crippen LogP contribution < -0.4 is 16.6 Å². The normalized spacial score (nSPS) is 16.4. The van der Waals surface area contributed by atoms with Gasteiger partial charge in [0.25, 0.3) is 5.56 Å². The second-order valence-electron chi connectivity index (χ2n) is 7.32. The number of aromatic nitrogens is 4. The van der Waals surface area contributed by atoms with Crippen LogP contribution in [-0.4, -0.2) is 37.4 Å². The number of rotatable bonds is 5. The highest BCUT2D eigenvalue weighted by atomic mass is 32.1. The van der Waals surface area contributed by atoms with Crippen LogP contribution in [0.3, 0.4) is 0 Å². The monoisotopic (exact) mass is 443 g/mol. The van der Waals surface area contributed by atoms with Crippen molar-refractivity contribution in [2.75, 3.05) is 11.9 Å². The van der Waals surface area contributed by atoms with Crippen molar-refractivity contribution in [1.29, 1.82) is 0 Å². The van der Waals surface area contributed by atoms with Crippen molar-refractivity contribution in [3.63, 3.8) is 0 Å². The van der Waals surface area contributed by atoms with Crippen LogP contribution in [0.15, 0.2) is 45.3 Å². The van der Waals surface area contributed by atoms with Gasteiger partial charge in [-0.15, -0.1) is 16.4 Å². The van der Waals surface area contributed by atoms with Crippen molar-refractivity contribution in [2.24, 2.45) is 0 Å². The summed E-state index contributed by atoms with van der Waals surface area (Å²) in [5, 5.41) is 8.65. The molecule has 3 aromatic heterocycles. The summed E-state index contributed by atoms with van der Waals surface area (Å²) >= 11 is 1.25. The predicted molar refractivity (Wildman–Crippen MR) is 113 cm³/mol. The Bertz CT molecular complexity index is 1400. The summed E-state index contributed by atoms with van der Waals surface area (Å²) in [4.78, 5) is 38.6. The molecule has 31 heavy (non-hydrogen) atoms. The molecule has 1 fully saturated rings. The number of anilines is 1. The first-order valence-corrected chi connectivity index (χ1v) is 10.7. The third kappa shape index (κ3) is 3.55. The van der Waals surface area contributed by atoms with Gasteiger partial charge in [0.1, 0.15) is 17.1 Å². The van der Waals surface area contributed by atoms with E-state index in [1.165, 1.54) is 44.6 Å². The third-order valence-corrected chi connectivity index (χ3v) is 6.11. The smallest absolute Gasteiger partial charge is 0.352 e. The van der Waals surface area contributed by atoms with Gasteiger partial charge in [-0.2, -0.15) is 0 Å². The van der Waals surface area contributed by atoms with Crippen molar-refractivity contribution in [3.8, 4) is 0 Å². The van der Waals surface area contributed by atoms with Gasteiger partial charge in [-0.05, 0) is 48.6 Å². The molecule has 1 aliphatic heterocycles. The summed E-state index contributed by atoms with van der Waals surface area (Å²) in [6.07, 6.45) is 1.62. The first-order valence-electron chi connectivity index (χ1n) is 9.78. The molecule has 0 saturated carbocycles. The molecule has 0 radical (unpaired) electrons. The average molecular weight is 443 g/mol. The molecule has 0 spiro atoms. The Morgan fingerprint density at radius 3 is 2.81 bits per heavy atom. The number of carbonyl (C=O) groups is 1. The van der Waals surface area contributed by atoms with E-state index in [0.29, 0.717) is 22.5 Å². The first-order chi connectivity index (χ1) is 15.0. The predicted octanol–water partition coefficient (Wildman–Crippen LogP) is 1.83. The Kier molecular flexibility index (Phi) is 4.91. The van der Waals surface area contributed by atoms with E-state index in [1.807, 2.05) is 0 Å².